The van der Waals surface area contributed by atoms with Gasteiger partial charge >= 0.3 is 12.0 Å². The van der Waals surface area contributed by atoms with Crippen LogP contribution in [0, 0.1) is 0 Å². The van der Waals surface area contributed by atoms with Gasteiger partial charge in [-0.2, -0.15) is 0 Å². The van der Waals surface area contributed by atoms with Crippen LogP contribution in [0.4, 0.5) is 4.79 Å². The second-order valence-electron chi connectivity index (χ2n) is 6.14. The number of aliphatic hydroxyl groups is 2. The standard InChI is InChI=1S/C16H25N3O6/c1-4-6-7-24-14(22)16(17)10(5-2)8-19(15(23)18-16)13-12(21)11(20)9(3)25-13/h5,8-9,11-13,20-21H,2,4,6-7,17H2,1,3H3,(H,18,23)/t9-,11-,12-,13-,16?/m1/s1. The minimum absolute atomic E-state index is 0.179. The highest BCUT2D eigenvalue weighted by Gasteiger charge is 2.50. The summed E-state index contributed by atoms with van der Waals surface area (Å²) in [5.41, 5.74) is 4.36. The molecular weight excluding hydrogens is 330 g/mol. The van der Waals surface area contributed by atoms with Gasteiger partial charge in [0.25, 0.3) is 0 Å². The Morgan fingerprint density at radius 3 is 2.76 bits per heavy atom. The highest BCUT2D eigenvalue weighted by molar-refractivity contribution is 5.93. The molecular formula is C16H25N3O6. The Labute approximate surface area is 146 Å². The fourth-order valence-corrected chi connectivity index (χ4v) is 2.67. The lowest BCUT2D eigenvalue weighted by atomic mass is 9.99. The van der Waals surface area contributed by atoms with E-state index in [1.165, 1.54) is 12.3 Å². The molecule has 0 bridgehead atoms. The number of ether oxygens (including phenoxy) is 2. The van der Waals surface area contributed by atoms with Gasteiger partial charge in [0.05, 0.1) is 12.7 Å². The van der Waals surface area contributed by atoms with Gasteiger partial charge in [0.1, 0.15) is 12.2 Å². The monoisotopic (exact) mass is 355 g/mol. The van der Waals surface area contributed by atoms with Gasteiger partial charge in [-0.05, 0) is 13.3 Å². The number of nitrogens with one attached hydrogen (secondary N) is 1. The molecule has 1 unspecified atom stereocenters. The Kier molecular flexibility index (Phi) is 5.83. The molecule has 5 N–H and O–H groups in total. The first-order valence-corrected chi connectivity index (χ1v) is 8.19. The fourth-order valence-electron chi connectivity index (χ4n) is 2.67. The minimum Gasteiger partial charge on any atom is -0.463 e. The quantitative estimate of drug-likeness (QED) is 0.374. The number of amides is 2. The molecule has 0 aliphatic carbocycles. The zero-order chi connectivity index (χ0) is 18.8. The van der Waals surface area contributed by atoms with E-state index in [4.69, 9.17) is 15.2 Å². The summed E-state index contributed by atoms with van der Waals surface area (Å²) in [4.78, 5) is 25.8. The summed E-state index contributed by atoms with van der Waals surface area (Å²) in [6.07, 6.45) is -0.107. The normalized spacial score (nSPS) is 35.2. The lowest BCUT2D eigenvalue weighted by molar-refractivity contribution is -0.150. The Morgan fingerprint density at radius 2 is 2.24 bits per heavy atom. The van der Waals surface area contributed by atoms with Crippen molar-refractivity contribution in [2.45, 2.75) is 56.9 Å². The molecule has 0 saturated carbocycles. The molecule has 1 fully saturated rings. The summed E-state index contributed by atoms with van der Waals surface area (Å²) in [7, 11) is 0. The fraction of sp³-hybridized carbons (Fsp3) is 0.625. The van der Waals surface area contributed by atoms with E-state index in [2.05, 4.69) is 11.9 Å². The Balaban J connectivity index is 2.24. The minimum atomic E-state index is -1.88. The van der Waals surface area contributed by atoms with E-state index >= 15 is 0 Å². The maximum absolute atomic E-state index is 12.4. The predicted octanol–water partition coefficient (Wildman–Crippen LogP) is -0.454. The van der Waals surface area contributed by atoms with E-state index in [-0.39, 0.29) is 12.2 Å². The van der Waals surface area contributed by atoms with Crippen LogP contribution in [0.15, 0.2) is 24.4 Å². The highest BCUT2D eigenvalue weighted by atomic mass is 16.6. The van der Waals surface area contributed by atoms with E-state index in [1.807, 2.05) is 6.92 Å². The van der Waals surface area contributed by atoms with E-state index in [0.29, 0.717) is 6.42 Å². The molecule has 2 aliphatic rings. The lowest BCUT2D eigenvalue weighted by Gasteiger charge is -2.39. The van der Waals surface area contributed by atoms with Crippen molar-refractivity contribution < 1.29 is 29.3 Å². The third-order valence-electron chi connectivity index (χ3n) is 4.30. The van der Waals surface area contributed by atoms with Crippen molar-refractivity contribution >= 4 is 12.0 Å². The summed E-state index contributed by atoms with van der Waals surface area (Å²) in [5, 5.41) is 22.3. The van der Waals surface area contributed by atoms with Gasteiger partial charge in [-0.15, -0.1) is 0 Å². The summed E-state index contributed by atoms with van der Waals surface area (Å²) < 4.78 is 10.5. The molecule has 0 spiro atoms. The van der Waals surface area contributed by atoms with E-state index in [9.17, 15) is 19.8 Å². The summed E-state index contributed by atoms with van der Waals surface area (Å²) >= 11 is 0. The Bertz CT molecular complexity index is 580. The van der Waals surface area contributed by atoms with E-state index < -0.39 is 42.2 Å². The number of unbranched alkanes of at least 4 members (excludes halogenated alkanes) is 1. The Morgan fingerprint density at radius 1 is 1.56 bits per heavy atom. The number of esters is 1. The molecule has 5 atom stereocenters. The molecule has 140 valence electrons. The van der Waals surface area contributed by atoms with Crippen LogP contribution >= 0.6 is 0 Å². The number of hydrogen-bond acceptors (Lipinski definition) is 7. The molecule has 0 aromatic carbocycles. The first-order chi connectivity index (χ1) is 11.8. The number of carbonyl (C=O) groups is 2. The molecule has 1 saturated heterocycles. The maximum atomic E-state index is 12.4. The highest BCUT2D eigenvalue weighted by Crippen LogP contribution is 2.29. The van der Waals surface area contributed by atoms with Gasteiger partial charge in [-0.3, -0.25) is 10.6 Å². The number of nitrogens with zero attached hydrogens (tertiary/aromatic N) is 1. The van der Waals surface area contributed by atoms with Crippen LogP contribution in [0.1, 0.15) is 26.7 Å². The van der Waals surface area contributed by atoms with E-state index in [0.717, 1.165) is 11.3 Å². The SMILES string of the molecule is C=CC1=CN([C@@H]2O[C@H](C)[C@@H](O)[C@H]2O)C(=O)NC1(N)C(=O)OCCCC. The molecule has 0 aromatic rings. The average molecular weight is 355 g/mol. The number of hydrogen-bond donors (Lipinski definition) is 4. The Hall–Kier alpha value is -1.94. The number of aliphatic hydroxyl groups excluding tert-OH is 2. The smallest absolute Gasteiger partial charge is 0.351 e. The summed E-state index contributed by atoms with van der Waals surface area (Å²) in [6, 6.07) is -0.758. The van der Waals surface area contributed by atoms with Gasteiger partial charge in [0.2, 0.25) is 5.66 Å². The maximum Gasteiger partial charge on any atom is 0.351 e. The van der Waals surface area contributed by atoms with Gasteiger partial charge in [-0.25, -0.2) is 9.59 Å². The molecule has 2 heterocycles. The van der Waals surface area contributed by atoms with Gasteiger partial charge in [0.15, 0.2) is 6.23 Å². The zero-order valence-electron chi connectivity index (χ0n) is 14.3. The van der Waals surface area contributed by atoms with E-state index in [1.54, 1.807) is 6.92 Å². The average Bonchev–Trinajstić information content (AvgIpc) is 2.82. The van der Waals surface area contributed by atoms with Crippen molar-refractivity contribution in [2.24, 2.45) is 5.73 Å². The lowest BCUT2D eigenvalue weighted by Crippen LogP contribution is -2.68. The third-order valence-corrected chi connectivity index (χ3v) is 4.30. The molecule has 25 heavy (non-hydrogen) atoms. The number of nitrogens with two attached hydrogens (primary N) is 1. The molecule has 0 radical (unpaired) electrons. The van der Waals surface area contributed by atoms with Crippen LogP contribution in [-0.2, 0) is 14.3 Å². The first kappa shape index (κ1) is 19.4. The molecule has 9 heteroatoms. The molecule has 9 nitrogen and oxygen atoms in total. The number of carbonyl (C=O) groups excluding carboxylic acids is 2. The van der Waals surface area contributed by atoms with Crippen molar-refractivity contribution in [3.8, 4) is 0 Å². The second kappa shape index (κ2) is 7.52. The van der Waals surface area contributed by atoms with Crippen LogP contribution < -0.4 is 11.1 Å². The topological polar surface area (TPSA) is 134 Å². The van der Waals surface area contributed by atoms with Crippen LogP contribution in [0.5, 0.6) is 0 Å². The molecule has 0 aromatic heterocycles. The number of urea groups is 1. The molecule has 2 rings (SSSR count). The van der Waals surface area contributed by atoms with Crippen LogP contribution in [0.2, 0.25) is 0 Å². The van der Waals surface area contributed by atoms with Gasteiger partial charge in [-0.1, -0.05) is 26.0 Å². The van der Waals surface area contributed by atoms with Crippen molar-refractivity contribution in [2.75, 3.05) is 6.61 Å². The van der Waals surface area contributed by atoms with Crippen LogP contribution in [0.25, 0.3) is 0 Å². The van der Waals surface area contributed by atoms with Crippen LogP contribution in [0.3, 0.4) is 0 Å². The van der Waals surface area contributed by atoms with Crippen molar-refractivity contribution in [1.29, 1.82) is 0 Å². The molecule has 2 amide bonds. The molecule has 2 aliphatic heterocycles. The first-order valence-electron chi connectivity index (χ1n) is 8.19. The van der Waals surface area contributed by atoms with Crippen molar-refractivity contribution in [3.63, 3.8) is 0 Å². The van der Waals surface area contributed by atoms with Gasteiger partial charge < -0.3 is 25.0 Å². The summed E-state index contributed by atoms with van der Waals surface area (Å²) in [6.45, 7) is 7.32. The zero-order valence-corrected chi connectivity index (χ0v) is 14.3. The van der Waals surface area contributed by atoms with Gasteiger partial charge in [0, 0.05) is 11.8 Å². The summed E-state index contributed by atoms with van der Waals surface area (Å²) in [5.74, 6) is -0.804. The second-order valence-corrected chi connectivity index (χ2v) is 6.14. The van der Waals surface area contributed by atoms with Crippen molar-refractivity contribution in [1.82, 2.24) is 10.2 Å². The third kappa shape index (κ3) is 3.54. The number of rotatable bonds is 6. The largest absolute Gasteiger partial charge is 0.463 e. The predicted molar refractivity (Wildman–Crippen MR) is 87.8 cm³/mol. The van der Waals surface area contributed by atoms with Crippen LogP contribution in [-0.4, -0.2) is 63.9 Å². The van der Waals surface area contributed by atoms with Crippen molar-refractivity contribution in [3.05, 3.63) is 24.4 Å².